The van der Waals surface area contributed by atoms with Crippen molar-refractivity contribution in [2.75, 3.05) is 6.61 Å². The number of carbonyl (C=O) groups excluding carboxylic acids is 3. The Morgan fingerprint density at radius 2 is 1.94 bits per heavy atom. The summed E-state index contributed by atoms with van der Waals surface area (Å²) in [6.45, 7) is 6.48. The highest BCUT2D eigenvalue weighted by Crippen LogP contribution is 2.43. The summed E-state index contributed by atoms with van der Waals surface area (Å²) in [5.74, 6) is -1.82. The Balaban J connectivity index is 2.19. The van der Waals surface area contributed by atoms with Gasteiger partial charge in [0.05, 0.1) is 19.1 Å². The van der Waals surface area contributed by atoms with Crippen LogP contribution in [0.2, 0.25) is 0 Å². The topological polar surface area (TPSA) is 172 Å². The highest BCUT2D eigenvalue weighted by atomic mass is 31.1. The van der Waals surface area contributed by atoms with Crippen molar-refractivity contribution in [2.24, 2.45) is 0 Å². The number of esters is 2. The summed E-state index contributed by atoms with van der Waals surface area (Å²) in [5, 5.41) is 2.44. The molecule has 0 aromatic carbocycles. The van der Waals surface area contributed by atoms with Crippen LogP contribution in [0.5, 0.6) is 0 Å². The van der Waals surface area contributed by atoms with Gasteiger partial charge in [-0.25, -0.2) is 14.3 Å². The van der Waals surface area contributed by atoms with Gasteiger partial charge in [0.1, 0.15) is 17.9 Å². The van der Waals surface area contributed by atoms with Crippen LogP contribution in [0.3, 0.4) is 0 Å². The first-order valence-corrected chi connectivity index (χ1v) is 12.5. The first-order chi connectivity index (χ1) is 16.7. The van der Waals surface area contributed by atoms with Gasteiger partial charge in [-0.05, 0) is 34.6 Å². The number of Topliss-reactive ketones (excluding diaryl/α,β-unsaturated/α-hetero) is 1. The van der Waals surface area contributed by atoms with E-state index in [2.05, 4.69) is 5.09 Å². The first-order valence-electron chi connectivity index (χ1n) is 11.2. The van der Waals surface area contributed by atoms with E-state index in [1.165, 1.54) is 13.8 Å². The maximum atomic E-state index is 16.0. The minimum absolute atomic E-state index is 0.124. The van der Waals surface area contributed by atoms with Gasteiger partial charge in [-0.2, -0.15) is 0 Å². The van der Waals surface area contributed by atoms with Crippen LogP contribution in [0, 0.1) is 0 Å². The number of rotatable bonds is 12. The number of ketones is 1. The predicted octanol–water partition coefficient (Wildman–Crippen LogP) is 0.779. The highest BCUT2D eigenvalue weighted by Gasteiger charge is 2.58. The molecule has 1 aliphatic heterocycles. The van der Waals surface area contributed by atoms with Crippen molar-refractivity contribution in [3.63, 3.8) is 0 Å². The molecule has 0 radical (unpaired) electrons. The number of hydrogen-bond acceptors (Lipinski definition) is 10. The lowest BCUT2D eigenvalue weighted by Crippen LogP contribution is -2.46. The molecule has 1 aromatic heterocycles. The number of ether oxygens (including phenoxy) is 3. The number of nitrogens with zero attached hydrogens (tertiary/aromatic N) is 1. The quantitative estimate of drug-likeness (QED) is 0.286. The van der Waals surface area contributed by atoms with Gasteiger partial charge in [0.2, 0.25) is 0 Å². The molecule has 36 heavy (non-hydrogen) atoms. The number of H-pyrrole nitrogens is 1. The van der Waals surface area contributed by atoms with E-state index in [4.69, 9.17) is 18.7 Å². The number of nitrogens with one attached hydrogen (secondary N) is 2. The van der Waals surface area contributed by atoms with Crippen molar-refractivity contribution in [1.29, 1.82) is 0 Å². The number of carbonyl (C=O) groups is 3. The molecule has 1 fully saturated rings. The Hall–Kier alpha value is -2.67. The van der Waals surface area contributed by atoms with E-state index in [1.807, 2.05) is 4.98 Å². The van der Waals surface area contributed by atoms with Crippen LogP contribution < -0.4 is 16.3 Å². The van der Waals surface area contributed by atoms with E-state index in [9.17, 15) is 28.5 Å². The van der Waals surface area contributed by atoms with E-state index >= 15 is 4.39 Å². The van der Waals surface area contributed by atoms with Gasteiger partial charge >= 0.3 is 17.6 Å². The predicted molar refractivity (Wildman–Crippen MR) is 123 cm³/mol. The van der Waals surface area contributed by atoms with Crippen LogP contribution in [-0.4, -0.2) is 63.9 Å². The molecule has 6 atom stereocenters. The van der Waals surface area contributed by atoms with E-state index in [-0.39, 0.29) is 24.7 Å². The second-order valence-electron chi connectivity index (χ2n) is 8.76. The van der Waals surface area contributed by atoms with Crippen LogP contribution in [0.1, 0.15) is 53.7 Å². The molecule has 13 nitrogen and oxygen atoms in total. The van der Waals surface area contributed by atoms with Gasteiger partial charge in [0, 0.05) is 18.7 Å². The summed E-state index contributed by atoms with van der Waals surface area (Å²) in [4.78, 5) is 61.0. The molecule has 0 aliphatic carbocycles. The fourth-order valence-electron chi connectivity index (χ4n) is 3.39. The number of hydrogen-bond donors (Lipinski definition) is 2. The molecule has 0 saturated carbocycles. The van der Waals surface area contributed by atoms with E-state index < -0.39 is 68.1 Å². The molecule has 2 heterocycles. The fourth-order valence-corrected chi connectivity index (χ4v) is 4.26. The molecular weight excluding hydrogens is 504 g/mol. The molecule has 1 aromatic rings. The molecule has 2 N–H and O–H groups in total. The normalized spacial score (nSPS) is 25.4. The average Bonchev–Trinajstić information content (AvgIpc) is 3.00. The third-order valence-electron chi connectivity index (χ3n) is 5.14. The van der Waals surface area contributed by atoms with E-state index in [1.54, 1.807) is 13.8 Å². The molecule has 202 valence electrons. The molecule has 1 saturated heterocycles. The minimum atomic E-state index is -3.06. The van der Waals surface area contributed by atoms with Gasteiger partial charge in [0.25, 0.3) is 13.7 Å². The molecule has 15 heteroatoms. The molecule has 3 unspecified atom stereocenters. The summed E-state index contributed by atoms with van der Waals surface area (Å²) < 4.78 is 50.2. The first kappa shape index (κ1) is 29.6. The number of aromatic amines is 1. The van der Waals surface area contributed by atoms with Crippen molar-refractivity contribution in [2.45, 2.75) is 83.7 Å². The SMILES string of the molecule is CC(=O)CCC(=O)O[C@@H]1C(CO[PH](=O)N[C@@H](C)C(=O)OC(C)C)OC(n2ccc(=O)[nH]c2=O)[C@]1(C)F. The molecule has 0 spiro atoms. The summed E-state index contributed by atoms with van der Waals surface area (Å²) in [7, 11) is -3.06. The second-order valence-corrected chi connectivity index (χ2v) is 9.91. The Bertz CT molecular complexity index is 1100. The fraction of sp³-hybridized carbons (Fsp3) is 0.667. The zero-order valence-electron chi connectivity index (χ0n) is 20.6. The number of halogens is 1. The molecule has 0 amide bonds. The van der Waals surface area contributed by atoms with Crippen LogP contribution in [0.4, 0.5) is 4.39 Å². The van der Waals surface area contributed by atoms with Gasteiger partial charge in [-0.1, -0.05) is 0 Å². The number of alkyl halides is 1. The monoisotopic (exact) mass is 535 g/mol. The third kappa shape index (κ3) is 7.92. The van der Waals surface area contributed by atoms with Crippen LogP contribution in [0.15, 0.2) is 21.9 Å². The van der Waals surface area contributed by atoms with Crippen molar-refractivity contribution in [1.82, 2.24) is 14.6 Å². The van der Waals surface area contributed by atoms with E-state index in [0.29, 0.717) is 0 Å². The van der Waals surface area contributed by atoms with Gasteiger partial charge < -0.3 is 23.5 Å². The Morgan fingerprint density at radius 1 is 1.28 bits per heavy atom. The molecule has 2 rings (SSSR count). The molecule has 0 bridgehead atoms. The highest BCUT2D eigenvalue weighted by molar-refractivity contribution is 7.36. The lowest BCUT2D eigenvalue weighted by molar-refractivity contribution is -0.158. The smallest absolute Gasteiger partial charge is 0.330 e. The van der Waals surface area contributed by atoms with Gasteiger partial charge in [-0.3, -0.25) is 28.5 Å². The largest absolute Gasteiger partial charge is 0.462 e. The zero-order chi connectivity index (χ0) is 27.2. The zero-order valence-corrected chi connectivity index (χ0v) is 21.6. The summed E-state index contributed by atoms with van der Waals surface area (Å²) >= 11 is 0. The third-order valence-corrected chi connectivity index (χ3v) is 6.24. The van der Waals surface area contributed by atoms with Gasteiger partial charge in [0.15, 0.2) is 18.0 Å². The Kier molecular flexibility index (Phi) is 10.3. The minimum Gasteiger partial charge on any atom is -0.462 e. The summed E-state index contributed by atoms with van der Waals surface area (Å²) in [5.41, 5.74) is -4.18. The van der Waals surface area contributed by atoms with E-state index in [0.717, 1.165) is 23.8 Å². The molecule has 1 aliphatic rings. The standard InChI is InChI=1S/C21H31FN3O10P/c1-11(2)33-18(29)13(4)24-36(31)32-10-14-17(35-16(28)7-6-12(3)26)21(5,22)19(34-14)25-9-8-15(27)23-20(25)30/h8-9,11,13-14,17,19,36H,6-7,10H2,1-5H3,(H,24,31)(H,23,27,30)/t13-,14?,17+,19?,21+/m0/s1. The maximum absolute atomic E-state index is 16.0. The molecular formula is C21H31FN3O10P. The lowest BCUT2D eigenvalue weighted by atomic mass is 9.98. The van der Waals surface area contributed by atoms with Gasteiger partial charge in [-0.15, -0.1) is 0 Å². The Labute approximate surface area is 206 Å². The lowest BCUT2D eigenvalue weighted by Gasteiger charge is -2.27. The van der Waals surface area contributed by atoms with Crippen molar-refractivity contribution < 1.29 is 42.1 Å². The number of aromatic nitrogens is 2. The van der Waals surface area contributed by atoms with Crippen LogP contribution in [-0.2, 0) is 37.7 Å². The second kappa shape index (κ2) is 12.5. The van der Waals surface area contributed by atoms with Crippen molar-refractivity contribution in [3.8, 4) is 0 Å². The average molecular weight is 535 g/mol. The summed E-state index contributed by atoms with van der Waals surface area (Å²) in [6.07, 6.45) is -4.40. The summed E-state index contributed by atoms with van der Waals surface area (Å²) in [6, 6.07) is 0.0150. The maximum Gasteiger partial charge on any atom is 0.330 e. The van der Waals surface area contributed by atoms with Crippen LogP contribution >= 0.6 is 8.18 Å². The van der Waals surface area contributed by atoms with Crippen molar-refractivity contribution in [3.05, 3.63) is 33.1 Å². The van der Waals surface area contributed by atoms with Crippen molar-refractivity contribution >= 4 is 25.9 Å². The Morgan fingerprint density at radius 3 is 2.53 bits per heavy atom. The van der Waals surface area contributed by atoms with Crippen LogP contribution in [0.25, 0.3) is 0 Å².